The van der Waals surface area contributed by atoms with E-state index in [0.29, 0.717) is 34.0 Å². The van der Waals surface area contributed by atoms with Crippen LogP contribution in [0.3, 0.4) is 0 Å². The molecule has 10 nitrogen and oxygen atoms in total. The lowest BCUT2D eigenvalue weighted by molar-refractivity contribution is 0.632. The Balaban J connectivity index is 1.56. The molecule has 5 rings (SSSR count). The number of fused-ring (bicyclic) bond motifs is 1. The summed E-state index contributed by atoms with van der Waals surface area (Å²) >= 11 is 0. The molecule has 11 heteroatoms. The van der Waals surface area contributed by atoms with Gasteiger partial charge in [-0.3, -0.25) is 0 Å². The number of nitriles is 1. The number of aromatic nitrogens is 7. The van der Waals surface area contributed by atoms with Gasteiger partial charge < -0.3 is 5.32 Å². The Morgan fingerprint density at radius 1 is 1.14 bits per heavy atom. The zero-order valence-electron chi connectivity index (χ0n) is 18.7. The van der Waals surface area contributed by atoms with Gasteiger partial charge in [0.2, 0.25) is 5.69 Å². The van der Waals surface area contributed by atoms with Crippen molar-refractivity contribution < 1.29 is 4.39 Å². The Bertz CT molecular complexity index is 1650. The monoisotopic (exact) mass is 464 g/mol. The molecule has 0 saturated carbocycles. The van der Waals surface area contributed by atoms with Gasteiger partial charge in [0.25, 0.3) is 0 Å². The minimum atomic E-state index is -0.586. The van der Waals surface area contributed by atoms with Gasteiger partial charge in [-0.05, 0) is 38.1 Å². The van der Waals surface area contributed by atoms with E-state index in [4.69, 9.17) is 11.8 Å². The van der Waals surface area contributed by atoms with Gasteiger partial charge in [0.05, 0.1) is 30.2 Å². The first-order valence-electron chi connectivity index (χ1n) is 10.6. The number of nitrogens with zero attached hydrogens (tertiary/aromatic N) is 9. The Morgan fingerprint density at radius 2 is 2.00 bits per heavy atom. The lowest BCUT2D eigenvalue weighted by Gasteiger charge is -2.14. The Hall–Kier alpha value is -5.16. The zero-order valence-corrected chi connectivity index (χ0v) is 18.7. The second-order valence-corrected chi connectivity index (χ2v) is 7.99. The van der Waals surface area contributed by atoms with Crippen LogP contribution in [0.25, 0.3) is 38.6 Å². The summed E-state index contributed by atoms with van der Waals surface area (Å²) < 4.78 is 16.8. The van der Waals surface area contributed by atoms with Gasteiger partial charge in [0.1, 0.15) is 17.6 Å². The highest BCUT2D eigenvalue weighted by atomic mass is 19.1. The van der Waals surface area contributed by atoms with E-state index in [2.05, 4.69) is 41.6 Å². The van der Waals surface area contributed by atoms with Crippen LogP contribution in [0.1, 0.15) is 19.4 Å². The number of pyridine rings is 2. The third-order valence-electron chi connectivity index (χ3n) is 5.17. The molecule has 4 aromatic heterocycles. The molecule has 0 radical (unpaired) electrons. The Labute approximate surface area is 199 Å². The lowest BCUT2D eigenvalue weighted by atomic mass is 10.1. The van der Waals surface area contributed by atoms with Crippen molar-refractivity contribution in [1.82, 2.24) is 34.7 Å². The average Bonchev–Trinajstić information content (AvgIpc) is 3.51. The molecule has 1 aromatic carbocycles. The summed E-state index contributed by atoms with van der Waals surface area (Å²) in [5.41, 5.74) is 3.48. The van der Waals surface area contributed by atoms with E-state index in [-0.39, 0.29) is 11.7 Å². The van der Waals surface area contributed by atoms with Gasteiger partial charge in [-0.25, -0.2) is 23.9 Å². The molecule has 0 amide bonds. The highest BCUT2D eigenvalue weighted by Gasteiger charge is 2.16. The summed E-state index contributed by atoms with van der Waals surface area (Å²) in [6.07, 6.45) is 6.49. The third-order valence-corrected chi connectivity index (χ3v) is 5.17. The second kappa shape index (κ2) is 8.65. The maximum Gasteiger partial charge on any atom is 0.224 e. The van der Waals surface area contributed by atoms with Crippen molar-refractivity contribution in [2.24, 2.45) is 0 Å². The van der Waals surface area contributed by atoms with Gasteiger partial charge in [0, 0.05) is 41.1 Å². The van der Waals surface area contributed by atoms with E-state index in [1.165, 1.54) is 29.1 Å². The molecule has 0 aliphatic heterocycles. The predicted molar refractivity (Wildman–Crippen MR) is 127 cm³/mol. The lowest BCUT2D eigenvalue weighted by Crippen LogP contribution is -2.12. The quantitative estimate of drug-likeness (QED) is 0.382. The van der Waals surface area contributed by atoms with Gasteiger partial charge >= 0.3 is 0 Å². The maximum atomic E-state index is 13.7. The van der Waals surface area contributed by atoms with Crippen molar-refractivity contribution in [2.45, 2.75) is 19.9 Å². The van der Waals surface area contributed by atoms with Crippen LogP contribution in [0.15, 0.2) is 55.1 Å². The van der Waals surface area contributed by atoms with E-state index in [1.54, 1.807) is 29.3 Å². The molecule has 0 aliphatic rings. The molecule has 0 saturated heterocycles. The molecule has 5 aromatic rings. The Kier molecular flexibility index (Phi) is 5.36. The first kappa shape index (κ1) is 21.7. The summed E-state index contributed by atoms with van der Waals surface area (Å²) in [7, 11) is 0. The number of rotatable bonds is 5. The van der Waals surface area contributed by atoms with Crippen LogP contribution in [-0.4, -0.2) is 40.8 Å². The third kappa shape index (κ3) is 4.03. The molecule has 0 atom stereocenters. The van der Waals surface area contributed by atoms with Gasteiger partial charge in [-0.1, -0.05) is 5.21 Å². The number of anilines is 1. The summed E-state index contributed by atoms with van der Waals surface area (Å²) in [6.45, 7) is 11.2. The van der Waals surface area contributed by atoms with Gasteiger partial charge in [-0.2, -0.15) is 15.0 Å². The van der Waals surface area contributed by atoms with Crippen LogP contribution >= 0.6 is 0 Å². The summed E-state index contributed by atoms with van der Waals surface area (Å²) in [6, 6.07) is 9.94. The van der Waals surface area contributed by atoms with Gasteiger partial charge in [-0.15, -0.1) is 5.10 Å². The number of nitrogens with one attached hydrogen (secondary N) is 1. The molecule has 35 heavy (non-hydrogen) atoms. The predicted octanol–water partition coefficient (Wildman–Crippen LogP) is 4.45. The fourth-order valence-electron chi connectivity index (χ4n) is 3.59. The minimum absolute atomic E-state index is 0.0883. The molecular formula is C24H17FN10. The van der Waals surface area contributed by atoms with Crippen LogP contribution < -0.4 is 5.32 Å². The largest absolute Gasteiger partial charge is 0.382 e. The summed E-state index contributed by atoms with van der Waals surface area (Å²) in [5.74, 6) is -0.0477. The van der Waals surface area contributed by atoms with E-state index in [1.807, 2.05) is 19.9 Å². The fraction of sp³-hybridized carbons (Fsp3) is 0.125. The molecule has 0 fully saturated rings. The molecule has 1 N–H and O–H groups in total. The van der Waals surface area contributed by atoms with Crippen LogP contribution in [0.2, 0.25) is 0 Å². The molecular weight excluding hydrogens is 447 g/mol. The van der Waals surface area contributed by atoms with Gasteiger partial charge in [0.15, 0.2) is 11.5 Å². The standard InChI is InChI=1S/C24H17FN10/c1-14(2)31-20-8-23(35-24-16(11-30-35)6-15(9-26)10-29-24)28-12-18(20)22-13-34(33-32-22)17-4-5-19(25)21(7-17)27-3/h4-8,10-14H,1-2H3,(H,28,31). The van der Waals surface area contributed by atoms with Crippen molar-refractivity contribution in [3.63, 3.8) is 0 Å². The Morgan fingerprint density at radius 3 is 2.77 bits per heavy atom. The van der Waals surface area contributed by atoms with Crippen LogP contribution in [-0.2, 0) is 0 Å². The molecule has 0 unspecified atom stereocenters. The SMILES string of the molecule is [C-]#[N+]c1cc(-n2cc(-c3cnc(-n4ncc5cc(C#N)cnc54)cc3NC(C)C)nn2)ccc1F. The molecule has 0 aliphatic carbocycles. The number of halogens is 1. The smallest absolute Gasteiger partial charge is 0.224 e. The summed E-state index contributed by atoms with van der Waals surface area (Å²) in [5, 5.41) is 26.1. The zero-order chi connectivity index (χ0) is 24.5. The van der Waals surface area contributed by atoms with Crippen molar-refractivity contribution in [3.8, 4) is 28.8 Å². The second-order valence-electron chi connectivity index (χ2n) is 7.99. The normalized spacial score (nSPS) is 10.9. The number of benzene rings is 1. The number of hydrogen-bond acceptors (Lipinski definition) is 7. The van der Waals surface area contributed by atoms with Crippen molar-refractivity contribution >= 4 is 22.4 Å². The molecule has 0 spiro atoms. The van der Waals surface area contributed by atoms with Crippen molar-refractivity contribution in [1.29, 1.82) is 5.26 Å². The molecule has 170 valence electrons. The highest BCUT2D eigenvalue weighted by molar-refractivity contribution is 5.79. The van der Waals surface area contributed by atoms with E-state index < -0.39 is 5.82 Å². The van der Waals surface area contributed by atoms with E-state index >= 15 is 0 Å². The van der Waals surface area contributed by atoms with E-state index in [9.17, 15) is 4.39 Å². The van der Waals surface area contributed by atoms with Crippen LogP contribution in [0.5, 0.6) is 0 Å². The van der Waals surface area contributed by atoms with Crippen molar-refractivity contribution in [2.75, 3.05) is 5.32 Å². The first-order chi connectivity index (χ1) is 17.0. The fourth-order valence-corrected chi connectivity index (χ4v) is 3.59. The number of hydrogen-bond donors (Lipinski definition) is 1. The molecule has 4 heterocycles. The maximum absolute atomic E-state index is 13.7. The topological polar surface area (TPSA) is 114 Å². The van der Waals surface area contributed by atoms with Crippen molar-refractivity contribution in [3.05, 3.63) is 77.9 Å². The van der Waals surface area contributed by atoms with E-state index in [0.717, 1.165) is 11.1 Å². The molecule has 0 bridgehead atoms. The average molecular weight is 464 g/mol. The highest BCUT2D eigenvalue weighted by Crippen LogP contribution is 2.30. The van der Waals surface area contributed by atoms with Crippen LogP contribution in [0, 0.1) is 23.7 Å². The summed E-state index contributed by atoms with van der Waals surface area (Å²) in [4.78, 5) is 12.1. The van der Waals surface area contributed by atoms with Crippen LogP contribution in [0.4, 0.5) is 15.8 Å². The first-order valence-corrected chi connectivity index (χ1v) is 10.6. The minimum Gasteiger partial charge on any atom is -0.382 e.